The highest BCUT2D eigenvalue weighted by Crippen LogP contribution is 2.14. The van der Waals surface area contributed by atoms with Gasteiger partial charge in [0.2, 0.25) is 0 Å². The third kappa shape index (κ3) is 48.0. The lowest BCUT2D eigenvalue weighted by Crippen LogP contribution is -2.30. The quantitative estimate of drug-likeness (QED) is 0.0263. The number of allylic oxidation sites excluding steroid dienone is 10. The third-order valence-corrected chi connectivity index (χ3v) is 11.0. The van der Waals surface area contributed by atoms with E-state index in [4.69, 9.17) is 14.2 Å². The fraction of sp³-hybridized carbons (Fsp3) is 0.764. The van der Waals surface area contributed by atoms with Crippen LogP contribution in [0.2, 0.25) is 0 Å². The molecule has 0 aromatic rings. The van der Waals surface area contributed by atoms with E-state index in [1.807, 2.05) is 0 Å². The van der Waals surface area contributed by atoms with Crippen molar-refractivity contribution in [3.63, 3.8) is 0 Å². The van der Waals surface area contributed by atoms with Crippen LogP contribution in [0.3, 0.4) is 0 Å². The van der Waals surface area contributed by atoms with Gasteiger partial charge in [-0.3, -0.25) is 14.4 Å². The Labute approximate surface area is 377 Å². The lowest BCUT2D eigenvalue weighted by molar-refractivity contribution is -0.167. The Balaban J connectivity index is 4.26. The molecule has 0 bridgehead atoms. The first-order valence-electron chi connectivity index (χ1n) is 25.8. The monoisotopic (exact) mass is 853 g/mol. The van der Waals surface area contributed by atoms with Crippen molar-refractivity contribution in [3.05, 3.63) is 60.8 Å². The summed E-state index contributed by atoms with van der Waals surface area (Å²) in [6, 6.07) is 0. The van der Waals surface area contributed by atoms with Gasteiger partial charge in [0.25, 0.3) is 0 Å². The van der Waals surface area contributed by atoms with Gasteiger partial charge < -0.3 is 14.2 Å². The molecule has 1 unspecified atom stereocenters. The van der Waals surface area contributed by atoms with Gasteiger partial charge in [0.1, 0.15) is 13.2 Å². The van der Waals surface area contributed by atoms with E-state index < -0.39 is 6.10 Å². The Morgan fingerprint density at radius 2 is 0.639 bits per heavy atom. The van der Waals surface area contributed by atoms with Crippen molar-refractivity contribution >= 4 is 17.9 Å². The first-order valence-corrected chi connectivity index (χ1v) is 25.8. The first-order chi connectivity index (χ1) is 30.0. The smallest absolute Gasteiger partial charge is 0.306 e. The van der Waals surface area contributed by atoms with Crippen LogP contribution in [0.25, 0.3) is 0 Å². The largest absolute Gasteiger partial charge is 0.462 e. The van der Waals surface area contributed by atoms with Gasteiger partial charge in [-0.2, -0.15) is 0 Å². The fourth-order valence-corrected chi connectivity index (χ4v) is 7.13. The molecule has 0 heterocycles. The predicted octanol–water partition coefficient (Wildman–Crippen LogP) is 16.9. The summed E-state index contributed by atoms with van der Waals surface area (Å²) in [7, 11) is 0. The van der Waals surface area contributed by atoms with E-state index in [1.54, 1.807) is 0 Å². The van der Waals surface area contributed by atoms with Crippen LogP contribution in [0.1, 0.15) is 252 Å². The van der Waals surface area contributed by atoms with Gasteiger partial charge in [0.15, 0.2) is 6.10 Å². The highest BCUT2D eigenvalue weighted by Gasteiger charge is 2.19. The van der Waals surface area contributed by atoms with Crippen LogP contribution in [0.4, 0.5) is 0 Å². The number of carbonyl (C=O) groups excluding carboxylic acids is 3. The second-order valence-corrected chi connectivity index (χ2v) is 17.1. The molecule has 0 aromatic carbocycles. The maximum atomic E-state index is 12.7. The van der Waals surface area contributed by atoms with E-state index >= 15 is 0 Å². The summed E-state index contributed by atoms with van der Waals surface area (Å²) in [5.74, 6) is -0.939. The van der Waals surface area contributed by atoms with Crippen molar-refractivity contribution < 1.29 is 28.6 Å². The molecule has 352 valence electrons. The van der Waals surface area contributed by atoms with Crippen molar-refractivity contribution in [2.75, 3.05) is 13.2 Å². The van der Waals surface area contributed by atoms with Gasteiger partial charge in [0, 0.05) is 19.3 Å². The van der Waals surface area contributed by atoms with Crippen LogP contribution < -0.4 is 0 Å². The Morgan fingerprint density at radius 1 is 0.344 bits per heavy atom. The Bertz CT molecular complexity index is 1120. The highest BCUT2D eigenvalue weighted by atomic mass is 16.6. The summed E-state index contributed by atoms with van der Waals surface area (Å²) >= 11 is 0. The normalized spacial score (nSPS) is 12.5. The minimum absolute atomic E-state index is 0.0909. The molecule has 0 saturated carbocycles. The zero-order valence-corrected chi connectivity index (χ0v) is 40.2. The molecule has 0 fully saturated rings. The van der Waals surface area contributed by atoms with Gasteiger partial charge in [-0.25, -0.2) is 0 Å². The van der Waals surface area contributed by atoms with E-state index in [2.05, 4.69) is 81.5 Å². The molecule has 0 aliphatic carbocycles. The Kier molecular flexibility index (Phi) is 47.4. The second kappa shape index (κ2) is 49.8. The summed E-state index contributed by atoms with van der Waals surface area (Å²) in [5.41, 5.74) is 0. The average molecular weight is 853 g/mol. The molecule has 0 aromatic heterocycles. The lowest BCUT2D eigenvalue weighted by Gasteiger charge is -2.18. The van der Waals surface area contributed by atoms with Crippen LogP contribution in [-0.4, -0.2) is 37.2 Å². The molecule has 0 amide bonds. The van der Waals surface area contributed by atoms with Crippen molar-refractivity contribution in [1.29, 1.82) is 0 Å². The lowest BCUT2D eigenvalue weighted by atomic mass is 10.1. The topological polar surface area (TPSA) is 78.9 Å². The van der Waals surface area contributed by atoms with Crippen LogP contribution in [0.5, 0.6) is 0 Å². The fourth-order valence-electron chi connectivity index (χ4n) is 7.13. The number of ether oxygens (including phenoxy) is 3. The van der Waals surface area contributed by atoms with Gasteiger partial charge >= 0.3 is 17.9 Å². The molecule has 6 heteroatoms. The maximum absolute atomic E-state index is 12.7. The summed E-state index contributed by atoms with van der Waals surface area (Å²) in [5, 5.41) is 0. The number of rotatable bonds is 46. The number of unbranched alkanes of at least 4 members (excludes halogenated alkanes) is 25. The first kappa shape index (κ1) is 58.1. The van der Waals surface area contributed by atoms with Crippen LogP contribution in [0.15, 0.2) is 60.8 Å². The zero-order valence-electron chi connectivity index (χ0n) is 40.2. The maximum Gasteiger partial charge on any atom is 0.306 e. The molecule has 0 radical (unpaired) electrons. The van der Waals surface area contributed by atoms with Gasteiger partial charge in [0.05, 0.1) is 0 Å². The molecular formula is C55H96O6. The minimum atomic E-state index is -0.792. The minimum Gasteiger partial charge on any atom is -0.462 e. The number of carbonyl (C=O) groups is 3. The summed E-state index contributed by atoms with van der Waals surface area (Å²) in [6.45, 7) is 6.45. The van der Waals surface area contributed by atoms with E-state index in [0.717, 1.165) is 77.0 Å². The van der Waals surface area contributed by atoms with Crippen molar-refractivity contribution in [1.82, 2.24) is 0 Å². The number of esters is 3. The molecule has 6 nitrogen and oxygen atoms in total. The highest BCUT2D eigenvalue weighted by molar-refractivity contribution is 5.71. The van der Waals surface area contributed by atoms with Crippen molar-refractivity contribution in [2.24, 2.45) is 0 Å². The molecule has 0 N–H and O–H groups in total. The van der Waals surface area contributed by atoms with Crippen molar-refractivity contribution in [2.45, 2.75) is 258 Å². The molecule has 0 saturated heterocycles. The molecule has 61 heavy (non-hydrogen) atoms. The summed E-state index contributed by atoms with van der Waals surface area (Å²) in [4.78, 5) is 37.8. The molecule has 1 atom stereocenters. The van der Waals surface area contributed by atoms with Gasteiger partial charge in [-0.15, -0.1) is 0 Å². The molecular weight excluding hydrogens is 757 g/mol. The Hall–Kier alpha value is -2.89. The molecule has 0 aliphatic heterocycles. The van der Waals surface area contributed by atoms with E-state index in [-0.39, 0.29) is 37.5 Å². The standard InChI is InChI=1S/C55H96O6/c1-4-7-10-13-16-18-20-22-24-25-26-27-28-29-31-32-34-36-39-42-45-48-54(57)60-51-52(50-59-53(56)47-44-41-38-15-12-9-6-3)61-55(58)49-46-43-40-37-35-33-30-23-21-19-17-14-11-8-5-2/h8,11,17,19,23,25-26,30,35,37,52H,4-7,9-10,12-16,18,20-22,24,27-29,31-34,36,38-51H2,1-3H3/b11-8-,19-17-,26-25-,30-23-,37-35-. The van der Waals surface area contributed by atoms with Gasteiger partial charge in [-0.1, -0.05) is 210 Å². The number of hydrogen-bond acceptors (Lipinski definition) is 6. The van der Waals surface area contributed by atoms with Crippen molar-refractivity contribution in [3.8, 4) is 0 Å². The summed E-state index contributed by atoms with van der Waals surface area (Å²) < 4.78 is 16.7. The third-order valence-electron chi connectivity index (χ3n) is 11.0. The van der Waals surface area contributed by atoms with E-state index in [1.165, 1.54) is 128 Å². The predicted molar refractivity (Wildman–Crippen MR) is 261 cm³/mol. The van der Waals surface area contributed by atoms with Crippen LogP contribution in [0, 0.1) is 0 Å². The second-order valence-electron chi connectivity index (χ2n) is 17.1. The molecule has 0 rings (SSSR count). The molecule has 0 spiro atoms. The molecule has 0 aliphatic rings. The van der Waals surface area contributed by atoms with Crippen LogP contribution in [-0.2, 0) is 28.6 Å². The zero-order chi connectivity index (χ0) is 44.4. The summed E-state index contributed by atoms with van der Waals surface area (Å²) in [6.07, 6.45) is 60.9. The SMILES string of the molecule is CC/C=C\C/C=C\C/C=C\C/C=C\CCCCC(=O)OC(COC(=O)CCCCCCCCC)COC(=O)CCCCCCCCCCC/C=C\CCCCCCCCCC. The number of hydrogen-bond donors (Lipinski definition) is 0. The van der Waals surface area contributed by atoms with Gasteiger partial charge in [-0.05, 0) is 83.5 Å². The Morgan fingerprint density at radius 3 is 1.05 bits per heavy atom. The van der Waals surface area contributed by atoms with E-state index in [9.17, 15) is 14.4 Å². The van der Waals surface area contributed by atoms with Crippen LogP contribution >= 0.6 is 0 Å². The van der Waals surface area contributed by atoms with E-state index in [0.29, 0.717) is 19.3 Å². The average Bonchev–Trinajstić information content (AvgIpc) is 3.26.